The SMILES string of the molecule is CC(C)(C)NC(=O)CN1CCC(Oc2ncnc3c2CCN3c2ccc(S(C)(=O)=O)cc2F)CC1. The number of carbonyl (C=O) groups is 1. The Morgan fingerprint density at radius 1 is 1.20 bits per heavy atom. The molecule has 1 aromatic carbocycles. The van der Waals surface area contributed by atoms with Gasteiger partial charge in [0.25, 0.3) is 0 Å². The fourth-order valence-corrected chi connectivity index (χ4v) is 5.08. The lowest BCUT2D eigenvalue weighted by molar-refractivity contribution is -0.124. The van der Waals surface area contributed by atoms with Crippen LogP contribution in [0.5, 0.6) is 5.88 Å². The van der Waals surface area contributed by atoms with Crippen molar-refractivity contribution in [3.05, 3.63) is 35.9 Å². The molecule has 0 atom stereocenters. The van der Waals surface area contributed by atoms with Crippen molar-refractivity contribution in [1.82, 2.24) is 20.2 Å². The third kappa shape index (κ3) is 6.07. The van der Waals surface area contributed by atoms with E-state index in [1.54, 1.807) is 4.90 Å². The molecule has 1 aromatic heterocycles. The van der Waals surface area contributed by atoms with Crippen molar-refractivity contribution in [3.63, 3.8) is 0 Å². The number of nitrogens with one attached hydrogen (secondary N) is 1. The highest BCUT2D eigenvalue weighted by atomic mass is 32.2. The molecule has 2 aliphatic heterocycles. The first-order valence-electron chi connectivity index (χ1n) is 11.7. The van der Waals surface area contributed by atoms with E-state index < -0.39 is 15.7 Å². The fraction of sp³-hybridized carbons (Fsp3) is 0.542. The van der Waals surface area contributed by atoms with Crippen LogP contribution in [0, 0.1) is 5.82 Å². The summed E-state index contributed by atoms with van der Waals surface area (Å²) >= 11 is 0. The predicted octanol–water partition coefficient (Wildman–Crippen LogP) is 2.47. The van der Waals surface area contributed by atoms with Crippen molar-refractivity contribution in [3.8, 4) is 5.88 Å². The number of fused-ring (bicyclic) bond motifs is 1. The van der Waals surface area contributed by atoms with Gasteiger partial charge in [0.05, 0.1) is 22.7 Å². The van der Waals surface area contributed by atoms with Gasteiger partial charge in [-0.15, -0.1) is 0 Å². The molecular formula is C24H32FN5O4S. The maximum absolute atomic E-state index is 14.8. The van der Waals surface area contributed by atoms with Gasteiger partial charge in [-0.2, -0.15) is 0 Å². The van der Waals surface area contributed by atoms with Crippen molar-refractivity contribution in [1.29, 1.82) is 0 Å². The van der Waals surface area contributed by atoms with Crippen LogP contribution >= 0.6 is 0 Å². The van der Waals surface area contributed by atoms with Crippen molar-refractivity contribution in [2.24, 2.45) is 0 Å². The predicted molar refractivity (Wildman–Crippen MR) is 130 cm³/mol. The van der Waals surface area contributed by atoms with E-state index in [9.17, 15) is 17.6 Å². The number of carbonyl (C=O) groups excluding carboxylic acids is 1. The van der Waals surface area contributed by atoms with Crippen LogP contribution in [-0.4, -0.2) is 73.3 Å². The topological polar surface area (TPSA) is 105 Å². The molecule has 0 aliphatic carbocycles. The lowest BCUT2D eigenvalue weighted by Crippen LogP contribution is -2.48. The number of hydrogen-bond acceptors (Lipinski definition) is 8. The summed E-state index contributed by atoms with van der Waals surface area (Å²) in [6, 6.07) is 3.91. The number of amides is 1. The van der Waals surface area contributed by atoms with Crippen LogP contribution in [0.25, 0.3) is 0 Å². The minimum absolute atomic E-state index is 0.0161. The number of benzene rings is 1. The van der Waals surface area contributed by atoms with Crippen LogP contribution in [0.1, 0.15) is 39.2 Å². The molecular weight excluding hydrogens is 473 g/mol. The second-order valence-electron chi connectivity index (χ2n) is 10.2. The molecule has 3 heterocycles. The van der Waals surface area contributed by atoms with E-state index >= 15 is 0 Å². The van der Waals surface area contributed by atoms with E-state index in [4.69, 9.17) is 4.74 Å². The third-order valence-electron chi connectivity index (χ3n) is 6.06. The number of nitrogens with zero attached hydrogens (tertiary/aromatic N) is 4. The highest BCUT2D eigenvalue weighted by Gasteiger charge is 2.30. The van der Waals surface area contributed by atoms with Gasteiger partial charge in [-0.25, -0.2) is 22.8 Å². The van der Waals surface area contributed by atoms with Gasteiger partial charge < -0.3 is 15.0 Å². The zero-order chi connectivity index (χ0) is 25.4. The van der Waals surface area contributed by atoms with E-state index in [1.807, 2.05) is 20.8 Å². The molecule has 0 saturated carbocycles. The molecule has 0 bridgehead atoms. The van der Waals surface area contributed by atoms with Crippen molar-refractivity contribution in [2.45, 2.75) is 56.6 Å². The van der Waals surface area contributed by atoms with E-state index in [0.717, 1.165) is 43.8 Å². The van der Waals surface area contributed by atoms with Crippen LogP contribution in [0.2, 0.25) is 0 Å². The summed E-state index contributed by atoms with van der Waals surface area (Å²) in [4.78, 5) is 24.7. The largest absolute Gasteiger partial charge is 0.474 e. The first-order valence-corrected chi connectivity index (χ1v) is 13.6. The second-order valence-corrected chi connectivity index (χ2v) is 12.2. The van der Waals surface area contributed by atoms with Gasteiger partial charge in [-0.1, -0.05) is 0 Å². The molecule has 1 N–H and O–H groups in total. The molecule has 0 spiro atoms. The average Bonchev–Trinajstić information content (AvgIpc) is 3.18. The molecule has 190 valence electrons. The number of aromatic nitrogens is 2. The van der Waals surface area contributed by atoms with Crippen molar-refractivity contribution in [2.75, 3.05) is 37.3 Å². The molecule has 1 fully saturated rings. The minimum atomic E-state index is -3.50. The van der Waals surface area contributed by atoms with Crippen LogP contribution in [-0.2, 0) is 21.1 Å². The van der Waals surface area contributed by atoms with E-state index in [1.165, 1.54) is 18.5 Å². The lowest BCUT2D eigenvalue weighted by Gasteiger charge is -2.32. The number of likely N-dealkylation sites (tertiary alicyclic amines) is 1. The Labute approximate surface area is 205 Å². The lowest BCUT2D eigenvalue weighted by atomic mass is 10.1. The standard InChI is InChI=1S/C24H32FN5O4S/c1-24(2,3)28-21(31)14-29-10-7-16(8-11-29)34-23-18-9-12-30(22(18)26-15-27-23)20-6-5-17(13-19(20)25)35(4,32)33/h5-6,13,15-16H,7-12,14H2,1-4H3,(H,28,31). The quantitative estimate of drug-likeness (QED) is 0.639. The Hall–Kier alpha value is -2.79. The van der Waals surface area contributed by atoms with Crippen LogP contribution < -0.4 is 15.0 Å². The smallest absolute Gasteiger partial charge is 0.234 e. The van der Waals surface area contributed by atoms with Gasteiger partial charge in [0.15, 0.2) is 9.84 Å². The Bertz CT molecular complexity index is 1210. The van der Waals surface area contributed by atoms with Crippen molar-refractivity contribution < 1.29 is 22.3 Å². The molecule has 0 unspecified atom stereocenters. The first-order chi connectivity index (χ1) is 16.4. The Balaban J connectivity index is 1.41. The summed E-state index contributed by atoms with van der Waals surface area (Å²) in [5, 5.41) is 2.99. The van der Waals surface area contributed by atoms with Gasteiger partial charge in [0, 0.05) is 31.4 Å². The molecule has 9 nitrogen and oxygen atoms in total. The van der Waals surface area contributed by atoms with Gasteiger partial charge in [-0.3, -0.25) is 9.69 Å². The van der Waals surface area contributed by atoms with Gasteiger partial charge in [0.1, 0.15) is 24.1 Å². The number of piperidine rings is 1. The van der Waals surface area contributed by atoms with Gasteiger partial charge in [0.2, 0.25) is 11.8 Å². The molecule has 11 heteroatoms. The molecule has 1 amide bonds. The number of hydrogen-bond donors (Lipinski definition) is 1. The Kier molecular flexibility index (Phi) is 7.01. The number of halogens is 1. The molecule has 1 saturated heterocycles. The Morgan fingerprint density at radius 2 is 1.91 bits per heavy atom. The third-order valence-corrected chi connectivity index (χ3v) is 7.17. The van der Waals surface area contributed by atoms with E-state index in [2.05, 4.69) is 20.2 Å². The molecule has 4 rings (SSSR count). The number of anilines is 2. The van der Waals surface area contributed by atoms with Crippen molar-refractivity contribution >= 4 is 27.2 Å². The van der Waals surface area contributed by atoms with Crippen LogP contribution in [0.3, 0.4) is 0 Å². The zero-order valence-corrected chi connectivity index (χ0v) is 21.4. The highest BCUT2D eigenvalue weighted by Crippen LogP contribution is 2.38. The fourth-order valence-electron chi connectivity index (χ4n) is 4.45. The summed E-state index contributed by atoms with van der Waals surface area (Å²) in [5.74, 6) is 0.457. The summed E-state index contributed by atoms with van der Waals surface area (Å²) in [5.41, 5.74) is 0.826. The molecule has 2 aromatic rings. The normalized spacial score (nSPS) is 17.3. The molecule has 2 aliphatic rings. The zero-order valence-electron chi connectivity index (χ0n) is 20.5. The second kappa shape index (κ2) is 9.69. The maximum Gasteiger partial charge on any atom is 0.234 e. The molecule has 0 radical (unpaired) electrons. The van der Waals surface area contributed by atoms with Gasteiger partial charge in [-0.05, 0) is 58.2 Å². The minimum Gasteiger partial charge on any atom is -0.474 e. The summed E-state index contributed by atoms with van der Waals surface area (Å²) in [7, 11) is -3.50. The number of rotatable bonds is 6. The number of sulfone groups is 1. The summed E-state index contributed by atoms with van der Waals surface area (Å²) < 4.78 is 44.5. The van der Waals surface area contributed by atoms with Crippen LogP contribution in [0.4, 0.5) is 15.9 Å². The van der Waals surface area contributed by atoms with Crippen LogP contribution in [0.15, 0.2) is 29.4 Å². The first kappa shape index (κ1) is 25.3. The van der Waals surface area contributed by atoms with E-state index in [-0.39, 0.29) is 28.1 Å². The number of ether oxygens (including phenoxy) is 1. The Morgan fingerprint density at radius 3 is 2.54 bits per heavy atom. The maximum atomic E-state index is 14.8. The van der Waals surface area contributed by atoms with E-state index in [0.29, 0.717) is 31.2 Å². The highest BCUT2D eigenvalue weighted by molar-refractivity contribution is 7.90. The molecule has 35 heavy (non-hydrogen) atoms. The summed E-state index contributed by atoms with van der Waals surface area (Å²) in [6.45, 7) is 8.24. The van der Waals surface area contributed by atoms with Gasteiger partial charge >= 0.3 is 0 Å². The monoisotopic (exact) mass is 505 g/mol. The summed E-state index contributed by atoms with van der Waals surface area (Å²) in [6.07, 6.45) is 4.55. The average molecular weight is 506 g/mol.